The molecule has 0 spiro atoms. The van der Waals surface area contributed by atoms with Crippen LogP contribution in [0.2, 0.25) is 0 Å². The molecule has 4 nitrogen and oxygen atoms in total. The molecule has 0 fully saturated rings. The van der Waals surface area contributed by atoms with Gasteiger partial charge in [-0.25, -0.2) is 0 Å². The van der Waals surface area contributed by atoms with Crippen LogP contribution in [0, 0.1) is 6.92 Å². The highest BCUT2D eigenvalue weighted by Gasteiger charge is 2.09. The van der Waals surface area contributed by atoms with Gasteiger partial charge < -0.3 is 9.47 Å². The van der Waals surface area contributed by atoms with Crippen LogP contribution in [0.15, 0.2) is 35.0 Å². The molecule has 0 aromatic heterocycles. The normalized spacial score (nSPS) is 10.9. The van der Waals surface area contributed by atoms with E-state index in [1.807, 2.05) is 25.3 Å². The molecule has 1 aromatic carbocycles. The van der Waals surface area contributed by atoms with Crippen molar-refractivity contribution in [2.24, 2.45) is 0 Å². The van der Waals surface area contributed by atoms with Crippen LogP contribution in [0.4, 0.5) is 0 Å². The Morgan fingerprint density at radius 1 is 1.03 bits per heavy atom. The van der Waals surface area contributed by atoms with E-state index in [2.05, 4.69) is 25.4 Å². The highest BCUT2D eigenvalue weighted by Crippen LogP contribution is 2.30. The summed E-state index contributed by atoms with van der Waals surface area (Å²) in [4.78, 5) is 5.38. The van der Waals surface area contributed by atoms with Crippen molar-refractivity contribution >= 4 is 23.2 Å². The quantitative estimate of drug-likeness (QED) is 0.220. The summed E-state index contributed by atoms with van der Waals surface area (Å²) in [6.45, 7) is 8.08. The van der Waals surface area contributed by atoms with Gasteiger partial charge in [0.25, 0.3) is 0 Å². The Bertz CT molecular complexity index is 629. The molecule has 0 aliphatic carbocycles. The van der Waals surface area contributed by atoms with Crippen molar-refractivity contribution in [1.29, 1.82) is 0 Å². The molecule has 29 heavy (non-hydrogen) atoms. The third-order valence-electron chi connectivity index (χ3n) is 4.32. The lowest BCUT2D eigenvalue weighted by atomic mass is 10.1. The van der Waals surface area contributed by atoms with Crippen molar-refractivity contribution in [2.45, 2.75) is 65.7 Å². The maximum Gasteiger partial charge on any atom is 0.125 e. The van der Waals surface area contributed by atoms with Crippen molar-refractivity contribution in [1.82, 2.24) is 5.48 Å². The van der Waals surface area contributed by atoms with Crippen LogP contribution in [-0.4, -0.2) is 19.8 Å². The average Bonchev–Trinajstić information content (AvgIpc) is 2.69. The Morgan fingerprint density at radius 3 is 2.55 bits per heavy atom. The topological polar surface area (TPSA) is 39.7 Å². The number of rotatable bonds is 16. The Balaban J connectivity index is 2.28. The van der Waals surface area contributed by atoms with Gasteiger partial charge in [0.05, 0.1) is 13.2 Å². The van der Waals surface area contributed by atoms with E-state index in [1.165, 1.54) is 12.8 Å². The number of nitrogens with one attached hydrogen (secondary N) is 1. The highest BCUT2D eigenvalue weighted by atomic mass is 35.5. The monoisotopic (exact) mass is 443 g/mol. The van der Waals surface area contributed by atoms with Gasteiger partial charge in [-0.1, -0.05) is 56.0 Å². The zero-order chi connectivity index (χ0) is 21.3. The van der Waals surface area contributed by atoms with Crippen LogP contribution in [-0.2, 0) is 11.3 Å². The SMILES string of the molecule is CCCCC=CNOCCCCCOc1c(C)cc(OCC=C(Cl)Cl)cc1CC. The van der Waals surface area contributed by atoms with Crippen LogP contribution < -0.4 is 15.0 Å². The molecule has 164 valence electrons. The van der Waals surface area contributed by atoms with Crippen molar-refractivity contribution in [3.05, 3.63) is 46.1 Å². The fourth-order valence-electron chi connectivity index (χ4n) is 2.75. The van der Waals surface area contributed by atoms with Gasteiger partial charge in [0.1, 0.15) is 22.6 Å². The van der Waals surface area contributed by atoms with Crippen LogP contribution in [0.3, 0.4) is 0 Å². The van der Waals surface area contributed by atoms with Crippen LogP contribution >= 0.6 is 23.2 Å². The van der Waals surface area contributed by atoms with Crippen LogP contribution in [0.5, 0.6) is 11.5 Å². The van der Waals surface area contributed by atoms with Gasteiger partial charge in [0.2, 0.25) is 0 Å². The Kier molecular flexibility index (Phi) is 14.6. The first-order valence-corrected chi connectivity index (χ1v) is 11.3. The lowest BCUT2D eigenvalue weighted by molar-refractivity contribution is 0.0674. The fourth-order valence-corrected chi connectivity index (χ4v) is 2.88. The molecule has 0 aliphatic rings. The maximum absolute atomic E-state index is 6.06. The van der Waals surface area contributed by atoms with E-state index in [9.17, 15) is 0 Å². The number of hydrogen-bond acceptors (Lipinski definition) is 4. The number of ether oxygens (including phenoxy) is 2. The second-order valence-electron chi connectivity index (χ2n) is 6.81. The van der Waals surface area contributed by atoms with Gasteiger partial charge in [0.15, 0.2) is 0 Å². The molecule has 1 N–H and O–H groups in total. The minimum Gasteiger partial charge on any atom is -0.493 e. The predicted octanol–water partition coefficient (Wildman–Crippen LogP) is 7.03. The van der Waals surface area contributed by atoms with Crippen LogP contribution in [0.1, 0.15) is 63.5 Å². The molecule has 1 rings (SSSR count). The second kappa shape index (κ2) is 16.4. The Hall–Kier alpha value is -1.36. The number of allylic oxidation sites excluding steroid dienone is 1. The van der Waals surface area contributed by atoms with E-state index in [0.717, 1.165) is 54.7 Å². The molecule has 0 radical (unpaired) electrons. The molecule has 0 bridgehead atoms. The molecule has 0 saturated carbocycles. The Labute approximate surface area is 186 Å². The number of benzene rings is 1. The lowest BCUT2D eigenvalue weighted by Gasteiger charge is -2.15. The number of hydrogen-bond donors (Lipinski definition) is 1. The molecule has 0 amide bonds. The molecule has 0 saturated heterocycles. The fraction of sp³-hybridized carbons (Fsp3) is 0.565. The summed E-state index contributed by atoms with van der Waals surface area (Å²) >= 11 is 11.2. The van der Waals surface area contributed by atoms with E-state index in [-0.39, 0.29) is 4.49 Å². The molecule has 0 unspecified atom stereocenters. The molecule has 0 aliphatic heterocycles. The second-order valence-corrected chi connectivity index (χ2v) is 7.81. The number of unbranched alkanes of at least 4 members (excludes halogenated alkanes) is 4. The first-order chi connectivity index (χ1) is 14.1. The summed E-state index contributed by atoms with van der Waals surface area (Å²) in [7, 11) is 0. The van der Waals surface area contributed by atoms with E-state index >= 15 is 0 Å². The van der Waals surface area contributed by atoms with Gasteiger partial charge in [-0.05, 0) is 68.4 Å². The van der Waals surface area contributed by atoms with Gasteiger partial charge in [0, 0.05) is 6.20 Å². The zero-order valence-corrected chi connectivity index (χ0v) is 19.5. The standard InChI is InChI=1S/C23H35Cl2NO3/c1-4-6-7-9-13-26-29-15-11-8-10-14-28-23-19(3)17-21(18-20(23)5-2)27-16-12-22(24)25/h9,12-13,17-18,26H,4-8,10-11,14-16H2,1-3H3. The zero-order valence-electron chi connectivity index (χ0n) is 17.9. The lowest BCUT2D eigenvalue weighted by Crippen LogP contribution is -2.08. The largest absolute Gasteiger partial charge is 0.493 e. The van der Waals surface area contributed by atoms with E-state index < -0.39 is 0 Å². The van der Waals surface area contributed by atoms with E-state index in [0.29, 0.717) is 19.8 Å². The average molecular weight is 444 g/mol. The number of aryl methyl sites for hydroxylation is 2. The molecular formula is C23H35Cl2NO3. The minimum absolute atomic E-state index is 0.210. The molecule has 1 aromatic rings. The highest BCUT2D eigenvalue weighted by molar-refractivity contribution is 6.55. The van der Waals surface area contributed by atoms with Gasteiger partial charge in [-0.15, -0.1) is 0 Å². The smallest absolute Gasteiger partial charge is 0.125 e. The van der Waals surface area contributed by atoms with Crippen molar-refractivity contribution in [3.8, 4) is 11.5 Å². The first-order valence-electron chi connectivity index (χ1n) is 10.5. The summed E-state index contributed by atoms with van der Waals surface area (Å²) < 4.78 is 12.0. The molecular weight excluding hydrogens is 409 g/mol. The van der Waals surface area contributed by atoms with Gasteiger partial charge in [-0.3, -0.25) is 10.3 Å². The van der Waals surface area contributed by atoms with E-state index in [1.54, 1.807) is 6.08 Å². The summed E-state index contributed by atoms with van der Waals surface area (Å²) in [5, 5.41) is 0. The van der Waals surface area contributed by atoms with Crippen molar-refractivity contribution in [2.75, 3.05) is 19.8 Å². The third-order valence-corrected chi connectivity index (χ3v) is 4.63. The van der Waals surface area contributed by atoms with E-state index in [4.69, 9.17) is 37.5 Å². The van der Waals surface area contributed by atoms with Gasteiger partial charge >= 0.3 is 0 Å². The molecule has 0 atom stereocenters. The summed E-state index contributed by atoms with van der Waals surface area (Å²) in [5.74, 6) is 1.76. The number of halogens is 2. The first kappa shape index (κ1) is 25.7. The third kappa shape index (κ3) is 12.0. The molecule has 0 heterocycles. The Morgan fingerprint density at radius 2 is 1.83 bits per heavy atom. The predicted molar refractivity (Wildman–Crippen MR) is 123 cm³/mol. The van der Waals surface area contributed by atoms with Crippen LogP contribution in [0.25, 0.3) is 0 Å². The molecule has 6 heteroatoms. The van der Waals surface area contributed by atoms with Gasteiger partial charge in [-0.2, -0.15) is 0 Å². The summed E-state index contributed by atoms with van der Waals surface area (Å²) in [5.41, 5.74) is 5.08. The van der Waals surface area contributed by atoms with Crippen molar-refractivity contribution < 1.29 is 14.3 Å². The minimum atomic E-state index is 0.210. The summed E-state index contributed by atoms with van der Waals surface area (Å²) in [6.07, 6.45) is 13.1. The van der Waals surface area contributed by atoms with Crippen molar-refractivity contribution in [3.63, 3.8) is 0 Å². The number of hydroxylamine groups is 1. The summed E-state index contributed by atoms with van der Waals surface area (Å²) in [6, 6.07) is 4.00. The maximum atomic E-state index is 6.06.